The number of ether oxygens (including phenoxy) is 2. The molecule has 1 aromatic heterocycles. The lowest BCUT2D eigenvalue weighted by Crippen LogP contribution is -2.29. The van der Waals surface area contributed by atoms with Crippen LogP contribution in [0, 0.1) is 17.0 Å². The number of non-ortho nitro benzene ring substituents is 1. The van der Waals surface area contributed by atoms with Crippen molar-refractivity contribution in [1.29, 1.82) is 0 Å². The van der Waals surface area contributed by atoms with Gasteiger partial charge in [0.15, 0.2) is 5.13 Å². The first-order valence-corrected chi connectivity index (χ1v) is 13.0. The maximum absolute atomic E-state index is 13.4. The Bertz CT molecular complexity index is 1510. The Morgan fingerprint density at radius 2 is 1.88 bits per heavy atom. The Morgan fingerprint density at radius 3 is 2.48 bits per heavy atom. The van der Waals surface area contributed by atoms with Gasteiger partial charge in [-0.2, -0.15) is 0 Å². The number of aliphatic hydroxyl groups excluding tert-OH is 1. The Balaban J connectivity index is 1.84. The molecular weight excluding hydrogens is 538 g/mol. The number of benzene rings is 2. The third-order valence-electron chi connectivity index (χ3n) is 5.97. The summed E-state index contributed by atoms with van der Waals surface area (Å²) in [7, 11) is 0. The number of hydrogen-bond acceptors (Lipinski definition) is 10. The number of carbonyl (C=O) groups is 3. The summed E-state index contributed by atoms with van der Waals surface area (Å²) < 4.78 is 10.7. The van der Waals surface area contributed by atoms with Gasteiger partial charge in [-0.15, -0.1) is 0 Å². The fourth-order valence-corrected chi connectivity index (χ4v) is 5.07. The van der Waals surface area contributed by atoms with E-state index in [1.54, 1.807) is 31.2 Å². The molecule has 0 bridgehead atoms. The number of aliphatic hydroxyl groups is 1. The lowest BCUT2D eigenvalue weighted by atomic mass is 9.95. The van der Waals surface area contributed by atoms with Gasteiger partial charge >= 0.3 is 11.9 Å². The fourth-order valence-electron chi connectivity index (χ4n) is 4.08. The minimum Gasteiger partial charge on any atom is -0.507 e. The Kier molecular flexibility index (Phi) is 8.39. The first kappa shape index (κ1) is 28.2. The summed E-state index contributed by atoms with van der Waals surface area (Å²) in [6.45, 7) is 7.51. The highest BCUT2D eigenvalue weighted by Crippen LogP contribution is 2.44. The predicted octanol–water partition coefficient (Wildman–Crippen LogP) is 5.12. The largest absolute Gasteiger partial charge is 0.507 e. The third kappa shape index (κ3) is 5.47. The molecule has 1 atom stereocenters. The van der Waals surface area contributed by atoms with Crippen molar-refractivity contribution in [2.24, 2.45) is 0 Å². The van der Waals surface area contributed by atoms with Crippen LogP contribution in [0.25, 0.3) is 5.76 Å². The van der Waals surface area contributed by atoms with Crippen LogP contribution in [0.1, 0.15) is 45.9 Å². The van der Waals surface area contributed by atoms with Crippen LogP contribution in [-0.4, -0.2) is 45.9 Å². The van der Waals surface area contributed by atoms with Gasteiger partial charge < -0.3 is 14.6 Å². The van der Waals surface area contributed by atoms with Gasteiger partial charge in [0.2, 0.25) is 0 Å². The van der Waals surface area contributed by atoms with E-state index in [2.05, 4.69) is 11.6 Å². The maximum atomic E-state index is 13.4. The molecule has 3 aromatic rings. The summed E-state index contributed by atoms with van der Waals surface area (Å²) in [5.41, 5.74) is 0.433. The van der Waals surface area contributed by atoms with Crippen LogP contribution < -0.4 is 9.64 Å². The SMILES string of the molecule is C=CCOC(=O)c1sc(N2C(=O)C(=O)/C(=C(/O)c3ccc(OCCC)cc3)C2c2ccc([N+](=O)[O-])cc2)nc1C. The Hall–Kier alpha value is -4.84. The van der Waals surface area contributed by atoms with E-state index in [-0.39, 0.29) is 39.1 Å². The molecule has 40 heavy (non-hydrogen) atoms. The van der Waals surface area contributed by atoms with E-state index in [9.17, 15) is 29.6 Å². The quantitative estimate of drug-likeness (QED) is 0.0675. The van der Waals surface area contributed by atoms with E-state index in [1.165, 1.54) is 30.3 Å². The van der Waals surface area contributed by atoms with Crippen LogP contribution in [0.3, 0.4) is 0 Å². The Labute approximate surface area is 233 Å². The molecule has 206 valence electrons. The van der Waals surface area contributed by atoms with Crippen molar-refractivity contribution in [3.63, 3.8) is 0 Å². The van der Waals surface area contributed by atoms with E-state index < -0.39 is 34.4 Å². The maximum Gasteiger partial charge on any atom is 0.350 e. The summed E-state index contributed by atoms with van der Waals surface area (Å²) in [6.07, 6.45) is 2.22. The lowest BCUT2D eigenvalue weighted by Gasteiger charge is -2.23. The van der Waals surface area contributed by atoms with Crippen LogP contribution in [0.15, 0.2) is 66.8 Å². The second kappa shape index (κ2) is 11.9. The van der Waals surface area contributed by atoms with Crippen molar-refractivity contribution in [2.75, 3.05) is 18.1 Å². The number of nitrogens with zero attached hydrogens (tertiary/aromatic N) is 3. The minimum atomic E-state index is -1.18. The highest BCUT2D eigenvalue weighted by molar-refractivity contribution is 7.17. The topological polar surface area (TPSA) is 149 Å². The molecule has 1 saturated heterocycles. The molecular formula is C28H25N3O8S. The monoisotopic (exact) mass is 563 g/mol. The molecule has 0 spiro atoms. The van der Waals surface area contributed by atoms with Crippen LogP contribution in [0.2, 0.25) is 0 Å². The normalized spacial score (nSPS) is 16.1. The molecule has 0 aliphatic carbocycles. The van der Waals surface area contributed by atoms with Crippen LogP contribution in [0.5, 0.6) is 5.75 Å². The zero-order valence-electron chi connectivity index (χ0n) is 21.7. The lowest BCUT2D eigenvalue weighted by molar-refractivity contribution is -0.384. The number of ketones is 1. The highest BCUT2D eigenvalue weighted by atomic mass is 32.1. The van der Waals surface area contributed by atoms with Crippen molar-refractivity contribution >= 4 is 45.6 Å². The summed E-state index contributed by atoms with van der Waals surface area (Å²) in [5, 5.41) is 22.5. The molecule has 1 N–H and O–H groups in total. The average molecular weight is 564 g/mol. The number of nitro benzene ring substituents is 1. The smallest absolute Gasteiger partial charge is 0.350 e. The van der Waals surface area contributed by atoms with Crippen molar-refractivity contribution < 1.29 is 33.9 Å². The summed E-state index contributed by atoms with van der Waals surface area (Å²) in [4.78, 5) is 55.5. The molecule has 1 unspecified atom stereocenters. The molecule has 1 fully saturated rings. The number of nitro groups is 1. The van der Waals surface area contributed by atoms with E-state index in [4.69, 9.17) is 9.47 Å². The van der Waals surface area contributed by atoms with E-state index >= 15 is 0 Å². The van der Waals surface area contributed by atoms with E-state index in [1.807, 2.05) is 6.92 Å². The number of rotatable bonds is 10. The first-order chi connectivity index (χ1) is 19.2. The highest BCUT2D eigenvalue weighted by Gasteiger charge is 2.48. The van der Waals surface area contributed by atoms with Gasteiger partial charge in [0.25, 0.3) is 11.5 Å². The van der Waals surface area contributed by atoms with Crippen LogP contribution >= 0.6 is 11.3 Å². The molecule has 2 heterocycles. The molecule has 1 aliphatic rings. The second-order valence-corrected chi connectivity index (χ2v) is 9.67. The number of esters is 1. The van der Waals surface area contributed by atoms with Gasteiger partial charge in [-0.1, -0.05) is 30.9 Å². The van der Waals surface area contributed by atoms with Gasteiger partial charge in [0.05, 0.1) is 28.8 Å². The average Bonchev–Trinajstić information content (AvgIpc) is 3.46. The molecule has 2 aromatic carbocycles. The predicted molar refractivity (Wildman–Crippen MR) is 147 cm³/mol. The van der Waals surface area contributed by atoms with Gasteiger partial charge in [0.1, 0.15) is 23.0 Å². The number of aryl methyl sites for hydroxylation is 1. The number of carbonyl (C=O) groups excluding carboxylic acids is 3. The van der Waals surface area contributed by atoms with Crippen molar-refractivity contribution in [2.45, 2.75) is 26.3 Å². The molecule has 4 rings (SSSR count). The second-order valence-electron chi connectivity index (χ2n) is 8.69. The van der Waals surface area contributed by atoms with Gasteiger partial charge in [0, 0.05) is 17.7 Å². The number of thiazole rings is 1. The fraction of sp³-hybridized carbons (Fsp3) is 0.214. The van der Waals surface area contributed by atoms with E-state index in [0.29, 0.717) is 17.9 Å². The number of hydrogen-bond donors (Lipinski definition) is 1. The zero-order chi connectivity index (χ0) is 29.0. The molecule has 1 aliphatic heterocycles. The number of Topliss-reactive ketones (excluding diaryl/α,β-unsaturated/α-hetero) is 1. The molecule has 0 saturated carbocycles. The summed E-state index contributed by atoms with van der Waals surface area (Å²) >= 11 is 0.851. The zero-order valence-corrected chi connectivity index (χ0v) is 22.5. The van der Waals surface area contributed by atoms with E-state index in [0.717, 1.165) is 22.7 Å². The number of amides is 1. The standard InChI is InChI=1S/C28H25N3O8S/c1-4-14-38-20-12-8-18(9-13-20)23(32)21-22(17-6-10-19(11-7-17)31(36)37)30(26(34)24(21)33)28-29-16(3)25(40-28)27(35)39-15-5-2/h5-13,22,32H,2,4,14-15H2,1,3H3/b23-21+. The molecule has 12 heteroatoms. The molecule has 0 radical (unpaired) electrons. The van der Waals surface area contributed by atoms with Crippen molar-refractivity contribution in [3.8, 4) is 5.75 Å². The van der Waals surface area contributed by atoms with Gasteiger partial charge in [-0.25, -0.2) is 9.78 Å². The molecule has 1 amide bonds. The number of aromatic nitrogens is 1. The van der Waals surface area contributed by atoms with Crippen LogP contribution in [-0.2, 0) is 14.3 Å². The van der Waals surface area contributed by atoms with Gasteiger partial charge in [-0.05, 0) is 55.3 Å². The van der Waals surface area contributed by atoms with Crippen molar-refractivity contribution in [1.82, 2.24) is 4.98 Å². The number of anilines is 1. The molecule has 11 nitrogen and oxygen atoms in total. The first-order valence-electron chi connectivity index (χ1n) is 12.2. The minimum absolute atomic E-state index is 0.0240. The summed E-state index contributed by atoms with van der Waals surface area (Å²) in [6, 6.07) is 10.5. The van der Waals surface area contributed by atoms with Crippen molar-refractivity contribution in [3.05, 3.63) is 98.6 Å². The summed E-state index contributed by atoms with van der Waals surface area (Å²) in [5.74, 6) is -2.50. The third-order valence-corrected chi connectivity index (χ3v) is 7.11. The van der Waals surface area contributed by atoms with Crippen LogP contribution in [0.4, 0.5) is 10.8 Å². The Morgan fingerprint density at radius 1 is 1.20 bits per heavy atom. The van der Waals surface area contributed by atoms with Gasteiger partial charge in [-0.3, -0.25) is 24.6 Å².